The first kappa shape index (κ1) is 20.9. The zero-order valence-electron chi connectivity index (χ0n) is 17.3. The van der Waals surface area contributed by atoms with Crippen LogP contribution in [0, 0.1) is 5.92 Å². The predicted octanol–water partition coefficient (Wildman–Crippen LogP) is 2.64. The van der Waals surface area contributed by atoms with E-state index in [2.05, 4.69) is 40.7 Å². The number of nitrogens with zero attached hydrogens (tertiary/aromatic N) is 2. The summed E-state index contributed by atoms with van der Waals surface area (Å²) in [6, 6.07) is 8.25. The molecule has 0 radical (unpaired) electrons. The highest BCUT2D eigenvalue weighted by atomic mass is 16.5. The highest BCUT2D eigenvalue weighted by molar-refractivity contribution is 5.79. The van der Waals surface area contributed by atoms with Gasteiger partial charge in [-0.15, -0.1) is 0 Å². The average molecular weight is 389 g/mol. The van der Waals surface area contributed by atoms with E-state index in [4.69, 9.17) is 14.5 Å². The summed E-state index contributed by atoms with van der Waals surface area (Å²) >= 11 is 0. The van der Waals surface area contributed by atoms with Gasteiger partial charge in [0.2, 0.25) is 0 Å². The summed E-state index contributed by atoms with van der Waals surface area (Å²) in [6.45, 7) is 10.4. The molecule has 1 aliphatic heterocycles. The summed E-state index contributed by atoms with van der Waals surface area (Å²) in [5, 5.41) is 6.81. The van der Waals surface area contributed by atoms with E-state index in [0.717, 1.165) is 82.2 Å². The van der Waals surface area contributed by atoms with Gasteiger partial charge in [-0.3, -0.25) is 4.90 Å². The fourth-order valence-corrected chi connectivity index (χ4v) is 3.27. The first-order chi connectivity index (χ1) is 13.8. The Kier molecular flexibility index (Phi) is 8.91. The molecule has 2 fully saturated rings. The summed E-state index contributed by atoms with van der Waals surface area (Å²) in [7, 11) is 0. The second kappa shape index (κ2) is 11.9. The van der Waals surface area contributed by atoms with E-state index in [1.54, 1.807) is 0 Å². The minimum Gasteiger partial charge on any atom is -0.493 e. The molecule has 28 heavy (non-hydrogen) atoms. The van der Waals surface area contributed by atoms with E-state index in [-0.39, 0.29) is 0 Å². The zero-order valence-corrected chi connectivity index (χ0v) is 17.3. The third-order valence-electron chi connectivity index (χ3n) is 5.19. The van der Waals surface area contributed by atoms with Crippen molar-refractivity contribution in [1.82, 2.24) is 15.5 Å². The van der Waals surface area contributed by atoms with Gasteiger partial charge in [0.1, 0.15) is 5.75 Å². The monoisotopic (exact) mass is 388 g/mol. The van der Waals surface area contributed by atoms with Crippen LogP contribution < -0.4 is 15.4 Å². The van der Waals surface area contributed by atoms with E-state index >= 15 is 0 Å². The van der Waals surface area contributed by atoms with Crippen molar-refractivity contribution in [3.63, 3.8) is 0 Å². The van der Waals surface area contributed by atoms with Crippen LogP contribution in [0.1, 0.15) is 38.2 Å². The Hall–Kier alpha value is -1.79. The van der Waals surface area contributed by atoms with Crippen LogP contribution >= 0.6 is 0 Å². The van der Waals surface area contributed by atoms with Gasteiger partial charge < -0.3 is 20.1 Å². The molecule has 3 rings (SSSR count). The van der Waals surface area contributed by atoms with Gasteiger partial charge in [0.15, 0.2) is 5.96 Å². The van der Waals surface area contributed by atoms with Crippen molar-refractivity contribution >= 4 is 5.96 Å². The lowest BCUT2D eigenvalue weighted by Gasteiger charge is -2.26. The van der Waals surface area contributed by atoms with Gasteiger partial charge >= 0.3 is 0 Å². The first-order valence-electron chi connectivity index (χ1n) is 10.9. The van der Waals surface area contributed by atoms with Crippen molar-refractivity contribution in [3.05, 3.63) is 29.8 Å². The molecule has 1 aliphatic carbocycles. The molecule has 1 aromatic rings. The normalized spacial score (nSPS) is 18.1. The molecular weight excluding hydrogens is 352 g/mol. The lowest BCUT2D eigenvalue weighted by atomic mass is 10.2. The fourth-order valence-electron chi connectivity index (χ4n) is 3.27. The third-order valence-corrected chi connectivity index (χ3v) is 5.19. The number of benzene rings is 1. The van der Waals surface area contributed by atoms with Crippen LogP contribution in [0.15, 0.2) is 29.3 Å². The molecule has 156 valence electrons. The number of unbranched alkanes of at least 4 members (excludes halogenated alkanes) is 1. The first-order valence-corrected chi connectivity index (χ1v) is 10.9. The van der Waals surface area contributed by atoms with Crippen LogP contribution in [0.2, 0.25) is 0 Å². The Balaban J connectivity index is 1.40. The summed E-state index contributed by atoms with van der Waals surface area (Å²) in [6.07, 6.45) is 4.95. The van der Waals surface area contributed by atoms with Gasteiger partial charge in [-0.1, -0.05) is 18.2 Å². The number of hydrogen-bond donors (Lipinski definition) is 2. The molecule has 2 aliphatic rings. The lowest BCUT2D eigenvalue weighted by Crippen LogP contribution is -2.39. The SMILES string of the molecule is CCNC(=NCc1ccccc1OCC1CC1)NCCCCN1CCOCC1. The number of aliphatic imine (C=N–C) groups is 1. The topological polar surface area (TPSA) is 58.1 Å². The van der Waals surface area contributed by atoms with E-state index in [1.807, 2.05) is 6.07 Å². The van der Waals surface area contributed by atoms with E-state index in [0.29, 0.717) is 6.54 Å². The molecule has 0 unspecified atom stereocenters. The lowest BCUT2D eigenvalue weighted by molar-refractivity contribution is 0.0372. The molecule has 1 saturated carbocycles. The van der Waals surface area contributed by atoms with Crippen LogP contribution in [0.4, 0.5) is 0 Å². The van der Waals surface area contributed by atoms with Crippen molar-refractivity contribution in [1.29, 1.82) is 0 Å². The Bertz CT molecular complexity index is 598. The number of hydrogen-bond acceptors (Lipinski definition) is 4. The maximum atomic E-state index is 6.00. The Morgan fingerprint density at radius 3 is 2.79 bits per heavy atom. The van der Waals surface area contributed by atoms with Crippen LogP contribution in [-0.2, 0) is 11.3 Å². The Morgan fingerprint density at radius 2 is 2.00 bits per heavy atom. The number of nitrogens with one attached hydrogen (secondary N) is 2. The molecule has 6 heteroatoms. The Morgan fingerprint density at radius 1 is 1.18 bits per heavy atom. The van der Waals surface area contributed by atoms with Gasteiger partial charge in [0, 0.05) is 31.7 Å². The highest BCUT2D eigenvalue weighted by Crippen LogP contribution is 2.30. The van der Waals surface area contributed by atoms with Gasteiger partial charge in [-0.25, -0.2) is 4.99 Å². The maximum Gasteiger partial charge on any atom is 0.191 e. The summed E-state index contributed by atoms with van der Waals surface area (Å²) in [5.41, 5.74) is 1.15. The molecule has 0 bridgehead atoms. The summed E-state index contributed by atoms with van der Waals surface area (Å²) in [5.74, 6) is 2.61. The largest absolute Gasteiger partial charge is 0.493 e. The number of morpholine rings is 1. The standard InChI is InChI=1S/C22H36N4O2/c1-2-23-22(24-11-5-6-12-26-13-15-27-16-14-26)25-17-20-7-3-4-8-21(20)28-18-19-9-10-19/h3-4,7-8,19H,2,5-6,9-18H2,1H3,(H2,23,24,25). The average Bonchev–Trinajstić information content (AvgIpc) is 3.56. The maximum absolute atomic E-state index is 6.00. The number of para-hydroxylation sites is 1. The van der Waals surface area contributed by atoms with Gasteiger partial charge in [0.25, 0.3) is 0 Å². The number of ether oxygens (including phenoxy) is 2. The quantitative estimate of drug-likeness (QED) is 0.347. The van der Waals surface area contributed by atoms with Gasteiger partial charge in [-0.2, -0.15) is 0 Å². The molecule has 0 amide bonds. The van der Waals surface area contributed by atoms with E-state index in [9.17, 15) is 0 Å². The third kappa shape index (κ3) is 7.68. The molecule has 1 aromatic carbocycles. The summed E-state index contributed by atoms with van der Waals surface area (Å²) in [4.78, 5) is 7.25. The van der Waals surface area contributed by atoms with Crippen molar-refractivity contribution in [3.8, 4) is 5.75 Å². The minimum absolute atomic E-state index is 0.629. The van der Waals surface area contributed by atoms with Crippen LogP contribution in [0.25, 0.3) is 0 Å². The second-order valence-electron chi connectivity index (χ2n) is 7.65. The minimum atomic E-state index is 0.629. The van der Waals surface area contributed by atoms with Gasteiger partial charge in [-0.05, 0) is 51.1 Å². The van der Waals surface area contributed by atoms with Crippen LogP contribution in [0.5, 0.6) is 5.75 Å². The van der Waals surface area contributed by atoms with Crippen LogP contribution in [-0.4, -0.2) is 63.4 Å². The van der Waals surface area contributed by atoms with Crippen molar-refractivity contribution in [2.24, 2.45) is 10.9 Å². The van der Waals surface area contributed by atoms with E-state index in [1.165, 1.54) is 19.3 Å². The predicted molar refractivity (Wildman–Crippen MR) is 114 cm³/mol. The molecule has 2 N–H and O–H groups in total. The summed E-state index contributed by atoms with van der Waals surface area (Å²) < 4.78 is 11.4. The number of guanidine groups is 1. The number of rotatable bonds is 11. The zero-order chi connectivity index (χ0) is 19.4. The molecule has 6 nitrogen and oxygen atoms in total. The van der Waals surface area contributed by atoms with Gasteiger partial charge in [0.05, 0.1) is 26.4 Å². The molecular formula is C22H36N4O2. The van der Waals surface area contributed by atoms with Crippen molar-refractivity contribution in [2.45, 2.75) is 39.2 Å². The molecule has 0 aromatic heterocycles. The second-order valence-corrected chi connectivity index (χ2v) is 7.65. The molecule has 1 heterocycles. The molecule has 0 spiro atoms. The Labute approximate surface area is 169 Å². The van der Waals surface area contributed by atoms with E-state index < -0.39 is 0 Å². The fraction of sp³-hybridized carbons (Fsp3) is 0.682. The van der Waals surface area contributed by atoms with Crippen LogP contribution in [0.3, 0.4) is 0 Å². The smallest absolute Gasteiger partial charge is 0.191 e. The van der Waals surface area contributed by atoms with Crippen molar-refractivity contribution < 1.29 is 9.47 Å². The molecule has 1 saturated heterocycles. The van der Waals surface area contributed by atoms with Crippen molar-refractivity contribution in [2.75, 3.05) is 52.5 Å². The molecule has 0 atom stereocenters. The highest BCUT2D eigenvalue weighted by Gasteiger charge is 2.22.